The molecule has 4 rings (SSSR count). The van der Waals surface area contributed by atoms with Crippen molar-refractivity contribution in [1.82, 2.24) is 0 Å². The fraction of sp³-hybridized carbons (Fsp3) is 0.917. The topological polar surface area (TPSA) is 40.5 Å². The van der Waals surface area contributed by atoms with Crippen molar-refractivity contribution < 1.29 is 10.2 Å². The molecular weight excluding hydrogens is 320 g/mol. The Bertz CT molecular complexity index is 603. The number of aliphatic hydroxyl groups excluding tert-OH is 1. The van der Waals surface area contributed by atoms with Gasteiger partial charge in [-0.3, -0.25) is 0 Å². The molecule has 0 saturated heterocycles. The van der Waals surface area contributed by atoms with Gasteiger partial charge in [-0.15, -0.1) is 0 Å². The third kappa shape index (κ3) is 2.68. The Labute approximate surface area is 160 Å². The van der Waals surface area contributed by atoms with Crippen molar-refractivity contribution in [3.8, 4) is 11.8 Å². The number of fused-ring (bicyclic) bond motifs is 5. The zero-order chi connectivity index (χ0) is 18.6. The molecular formula is C24H38O2. The molecule has 0 radical (unpaired) electrons. The molecule has 0 aromatic rings. The van der Waals surface area contributed by atoms with Gasteiger partial charge in [0.1, 0.15) is 12.2 Å². The van der Waals surface area contributed by atoms with Gasteiger partial charge in [0.25, 0.3) is 0 Å². The molecule has 4 fully saturated rings. The Morgan fingerprint density at radius 1 is 0.923 bits per heavy atom. The summed E-state index contributed by atoms with van der Waals surface area (Å²) in [6.45, 7) is 7.42. The molecule has 4 aliphatic carbocycles. The predicted molar refractivity (Wildman–Crippen MR) is 105 cm³/mol. The lowest BCUT2D eigenvalue weighted by atomic mass is 9.44. The summed E-state index contributed by atoms with van der Waals surface area (Å²) in [5, 5.41) is 19.9. The summed E-state index contributed by atoms with van der Waals surface area (Å²) in [7, 11) is 0. The van der Waals surface area contributed by atoms with Crippen LogP contribution in [-0.4, -0.2) is 22.4 Å². The van der Waals surface area contributed by atoms with Gasteiger partial charge < -0.3 is 10.2 Å². The molecule has 2 heteroatoms. The fourth-order valence-corrected chi connectivity index (χ4v) is 8.34. The van der Waals surface area contributed by atoms with Crippen LogP contribution in [0.4, 0.5) is 0 Å². The van der Waals surface area contributed by atoms with Crippen molar-refractivity contribution in [1.29, 1.82) is 0 Å². The molecule has 0 aromatic heterocycles. The van der Waals surface area contributed by atoms with Gasteiger partial charge in [-0.05, 0) is 98.2 Å². The van der Waals surface area contributed by atoms with E-state index in [-0.39, 0.29) is 6.61 Å². The third-order valence-electron chi connectivity index (χ3n) is 9.82. The molecule has 0 aromatic carbocycles. The van der Waals surface area contributed by atoms with E-state index in [1.165, 1.54) is 44.9 Å². The lowest BCUT2D eigenvalue weighted by Crippen LogP contribution is -2.55. The highest BCUT2D eigenvalue weighted by atomic mass is 16.3. The van der Waals surface area contributed by atoms with E-state index in [0.717, 1.165) is 42.9 Å². The van der Waals surface area contributed by atoms with Crippen LogP contribution in [0.2, 0.25) is 0 Å². The Hall–Kier alpha value is -0.520. The van der Waals surface area contributed by atoms with Crippen LogP contribution < -0.4 is 0 Å². The molecule has 2 N–H and O–H groups in total. The maximum Gasteiger partial charge on any atom is 0.125 e. The second-order valence-electron chi connectivity index (χ2n) is 10.6. The van der Waals surface area contributed by atoms with Crippen molar-refractivity contribution >= 4 is 0 Å². The standard InChI is InChI=1S/C24H38O2/c1-4-17-7-9-20-19-8-6-18-16-24(26,11-5-15-25)14-13-23(18,3)21(19)10-12-22(17,20)2/h17-21,25-26H,4,6-10,12-16H2,1-3H3/t17-,18+,19-,20-,21-,22+,23-,24+/m0/s1. The summed E-state index contributed by atoms with van der Waals surface area (Å²) >= 11 is 0. The Kier molecular flexibility index (Phi) is 4.72. The van der Waals surface area contributed by atoms with Crippen molar-refractivity contribution in [3.63, 3.8) is 0 Å². The molecule has 4 saturated carbocycles. The zero-order valence-corrected chi connectivity index (χ0v) is 17.1. The maximum atomic E-state index is 10.9. The molecule has 0 heterocycles. The van der Waals surface area contributed by atoms with Crippen LogP contribution in [0.25, 0.3) is 0 Å². The van der Waals surface area contributed by atoms with Crippen LogP contribution in [0.5, 0.6) is 0 Å². The smallest absolute Gasteiger partial charge is 0.125 e. The predicted octanol–water partition coefficient (Wildman–Crippen LogP) is 4.78. The van der Waals surface area contributed by atoms with E-state index in [4.69, 9.17) is 5.11 Å². The summed E-state index contributed by atoms with van der Waals surface area (Å²) in [6, 6.07) is 0. The molecule has 146 valence electrons. The summed E-state index contributed by atoms with van der Waals surface area (Å²) in [5.41, 5.74) is 0.131. The summed E-state index contributed by atoms with van der Waals surface area (Å²) < 4.78 is 0. The van der Waals surface area contributed by atoms with Crippen molar-refractivity contribution in [2.75, 3.05) is 6.61 Å². The van der Waals surface area contributed by atoms with Gasteiger partial charge in [0.15, 0.2) is 0 Å². The molecule has 26 heavy (non-hydrogen) atoms. The minimum atomic E-state index is -0.858. The Morgan fingerprint density at radius 3 is 2.42 bits per heavy atom. The molecule has 2 nitrogen and oxygen atoms in total. The van der Waals surface area contributed by atoms with Gasteiger partial charge in [-0.25, -0.2) is 0 Å². The van der Waals surface area contributed by atoms with Gasteiger partial charge in [0.05, 0.1) is 0 Å². The van der Waals surface area contributed by atoms with Gasteiger partial charge in [-0.2, -0.15) is 0 Å². The highest BCUT2D eigenvalue weighted by Crippen LogP contribution is 2.68. The second-order valence-corrected chi connectivity index (χ2v) is 10.6. The second kappa shape index (κ2) is 6.52. The minimum Gasteiger partial charge on any atom is -0.384 e. The van der Waals surface area contributed by atoms with E-state index in [1.54, 1.807) is 0 Å². The van der Waals surface area contributed by atoms with E-state index >= 15 is 0 Å². The van der Waals surface area contributed by atoms with Gasteiger partial charge in [-0.1, -0.05) is 39.0 Å². The number of hydrogen-bond donors (Lipinski definition) is 2. The van der Waals surface area contributed by atoms with E-state index in [0.29, 0.717) is 16.7 Å². The molecule has 0 aliphatic heterocycles. The lowest BCUT2D eigenvalue weighted by molar-refractivity contribution is -0.138. The average Bonchev–Trinajstić information content (AvgIpc) is 2.97. The first-order valence-electron chi connectivity index (χ1n) is 11.2. The van der Waals surface area contributed by atoms with Crippen molar-refractivity contribution in [3.05, 3.63) is 0 Å². The lowest BCUT2D eigenvalue weighted by Gasteiger charge is -2.61. The highest BCUT2D eigenvalue weighted by Gasteiger charge is 2.60. The molecule has 0 bridgehead atoms. The number of rotatable bonds is 1. The van der Waals surface area contributed by atoms with E-state index in [1.807, 2.05) is 0 Å². The molecule has 0 amide bonds. The quantitative estimate of drug-likeness (QED) is 0.662. The van der Waals surface area contributed by atoms with Crippen LogP contribution in [-0.2, 0) is 0 Å². The van der Waals surface area contributed by atoms with E-state index in [2.05, 4.69) is 32.6 Å². The first-order valence-corrected chi connectivity index (χ1v) is 11.2. The van der Waals surface area contributed by atoms with Gasteiger partial charge >= 0.3 is 0 Å². The Balaban J connectivity index is 1.56. The fourth-order valence-electron chi connectivity index (χ4n) is 8.34. The largest absolute Gasteiger partial charge is 0.384 e. The highest BCUT2D eigenvalue weighted by molar-refractivity contribution is 5.19. The number of hydrogen-bond acceptors (Lipinski definition) is 2. The summed E-state index contributed by atoms with van der Waals surface area (Å²) in [4.78, 5) is 0. The van der Waals surface area contributed by atoms with Crippen LogP contribution >= 0.6 is 0 Å². The molecule has 4 aliphatic rings. The molecule has 0 spiro atoms. The van der Waals surface area contributed by atoms with E-state index < -0.39 is 5.60 Å². The van der Waals surface area contributed by atoms with Crippen molar-refractivity contribution in [2.45, 2.75) is 90.6 Å². The van der Waals surface area contributed by atoms with Crippen LogP contribution in [0.15, 0.2) is 0 Å². The molecule has 8 atom stereocenters. The SMILES string of the molecule is CC[C@H]1CC[C@H]2[C@@H]3CC[C@@H]4C[C@@](O)(C#CCO)CC[C@]4(C)[C@H]3CC[C@]12C. The van der Waals surface area contributed by atoms with Crippen molar-refractivity contribution in [2.24, 2.45) is 40.4 Å². The number of aliphatic hydroxyl groups is 2. The van der Waals surface area contributed by atoms with Crippen LogP contribution in [0.1, 0.15) is 85.0 Å². The maximum absolute atomic E-state index is 10.9. The summed E-state index contributed by atoms with van der Waals surface area (Å²) in [5.74, 6) is 9.97. The Morgan fingerprint density at radius 2 is 1.69 bits per heavy atom. The summed E-state index contributed by atoms with van der Waals surface area (Å²) in [6.07, 6.45) is 12.5. The average molecular weight is 359 g/mol. The normalized spacial score (nSPS) is 53.0. The monoisotopic (exact) mass is 358 g/mol. The van der Waals surface area contributed by atoms with Gasteiger partial charge in [0.2, 0.25) is 0 Å². The first kappa shape index (κ1) is 18.8. The van der Waals surface area contributed by atoms with Gasteiger partial charge in [0, 0.05) is 0 Å². The third-order valence-corrected chi connectivity index (χ3v) is 9.82. The minimum absolute atomic E-state index is 0.145. The molecule has 0 unspecified atom stereocenters. The first-order chi connectivity index (χ1) is 12.4. The zero-order valence-electron chi connectivity index (χ0n) is 17.1. The van der Waals surface area contributed by atoms with Crippen LogP contribution in [0, 0.1) is 52.3 Å². The van der Waals surface area contributed by atoms with Crippen LogP contribution in [0.3, 0.4) is 0 Å². The van der Waals surface area contributed by atoms with E-state index in [9.17, 15) is 5.11 Å².